The van der Waals surface area contributed by atoms with Gasteiger partial charge >= 0.3 is 6.03 Å². The first kappa shape index (κ1) is 12.0. The molecule has 0 spiro atoms. The van der Waals surface area contributed by atoms with E-state index in [0.717, 1.165) is 0 Å². The average Bonchev–Trinajstić information content (AvgIpc) is 2.43. The summed E-state index contributed by atoms with van der Waals surface area (Å²) in [5.41, 5.74) is 0.549. The van der Waals surface area contributed by atoms with Crippen molar-refractivity contribution in [3.05, 3.63) is 12.3 Å². The summed E-state index contributed by atoms with van der Waals surface area (Å²) in [6, 6.07) is -0.515. The molecule has 1 fully saturated rings. The van der Waals surface area contributed by atoms with Crippen LogP contribution in [0, 0.1) is 0 Å². The third-order valence-corrected chi connectivity index (χ3v) is 4.15. The van der Waals surface area contributed by atoms with Crippen molar-refractivity contribution in [1.29, 1.82) is 0 Å². The molecule has 0 aromatic heterocycles. The maximum absolute atomic E-state index is 11.5. The zero-order chi connectivity index (χ0) is 11.6. The molecule has 86 valence electrons. The van der Waals surface area contributed by atoms with Gasteiger partial charge in [0.2, 0.25) is 0 Å². The van der Waals surface area contributed by atoms with Gasteiger partial charge in [0.05, 0.1) is 11.5 Å². The van der Waals surface area contributed by atoms with Crippen molar-refractivity contribution in [1.82, 2.24) is 10.2 Å². The van der Waals surface area contributed by atoms with Crippen LogP contribution in [0.1, 0.15) is 13.3 Å². The molecule has 0 aromatic carbocycles. The molecule has 1 rings (SSSR count). The summed E-state index contributed by atoms with van der Waals surface area (Å²) in [4.78, 5) is 12.9. The molecule has 1 heterocycles. The Labute approximate surface area is 90.1 Å². The molecule has 1 atom stereocenters. The SMILES string of the molecule is C=C(C)NC(=O)N(C)C1CCS(=O)(=O)C1. The summed E-state index contributed by atoms with van der Waals surface area (Å²) < 4.78 is 22.4. The number of carbonyl (C=O) groups is 1. The van der Waals surface area contributed by atoms with E-state index < -0.39 is 9.84 Å². The van der Waals surface area contributed by atoms with Crippen molar-refractivity contribution in [3.8, 4) is 0 Å². The van der Waals surface area contributed by atoms with Gasteiger partial charge in [0, 0.05) is 18.8 Å². The third kappa shape index (κ3) is 3.23. The van der Waals surface area contributed by atoms with Crippen LogP contribution in [0.5, 0.6) is 0 Å². The molecule has 0 saturated carbocycles. The number of hydrogen-bond donors (Lipinski definition) is 1. The number of urea groups is 1. The highest BCUT2D eigenvalue weighted by molar-refractivity contribution is 7.91. The van der Waals surface area contributed by atoms with Crippen molar-refractivity contribution in [2.75, 3.05) is 18.6 Å². The van der Waals surface area contributed by atoms with Crippen LogP contribution < -0.4 is 5.32 Å². The molecular formula is C9H16N2O3S. The van der Waals surface area contributed by atoms with Crippen LogP contribution in [0.25, 0.3) is 0 Å². The van der Waals surface area contributed by atoms with Gasteiger partial charge in [-0.2, -0.15) is 0 Å². The summed E-state index contributed by atoms with van der Waals surface area (Å²) in [6.45, 7) is 5.23. The molecule has 1 aliphatic rings. The molecule has 1 unspecified atom stereocenters. The molecule has 6 heteroatoms. The summed E-state index contributed by atoms with van der Waals surface area (Å²) in [6.07, 6.45) is 0.516. The van der Waals surface area contributed by atoms with Crippen molar-refractivity contribution in [2.24, 2.45) is 0 Å². The van der Waals surface area contributed by atoms with Crippen LogP contribution in [0.15, 0.2) is 12.3 Å². The second-order valence-electron chi connectivity index (χ2n) is 3.88. The van der Waals surface area contributed by atoms with Gasteiger partial charge < -0.3 is 10.2 Å². The van der Waals surface area contributed by atoms with Crippen LogP contribution in [-0.4, -0.2) is 43.9 Å². The minimum Gasteiger partial charge on any atom is -0.324 e. The lowest BCUT2D eigenvalue weighted by Crippen LogP contribution is -2.43. The fourth-order valence-corrected chi connectivity index (χ4v) is 3.29. The number of allylic oxidation sites excluding steroid dienone is 1. The number of nitrogens with one attached hydrogen (secondary N) is 1. The summed E-state index contributed by atoms with van der Waals surface area (Å²) in [5.74, 6) is 0.232. The summed E-state index contributed by atoms with van der Waals surface area (Å²) >= 11 is 0. The number of sulfone groups is 1. The average molecular weight is 232 g/mol. The van der Waals surface area contributed by atoms with E-state index >= 15 is 0 Å². The van der Waals surface area contributed by atoms with E-state index in [1.807, 2.05) is 0 Å². The Balaban J connectivity index is 2.59. The Bertz CT molecular complexity index is 375. The smallest absolute Gasteiger partial charge is 0.321 e. The number of carbonyl (C=O) groups excluding carboxylic acids is 1. The van der Waals surface area contributed by atoms with E-state index in [2.05, 4.69) is 11.9 Å². The minimum absolute atomic E-state index is 0.0626. The van der Waals surface area contributed by atoms with Gasteiger partial charge in [-0.25, -0.2) is 13.2 Å². The molecule has 1 saturated heterocycles. The lowest BCUT2D eigenvalue weighted by atomic mass is 10.2. The Kier molecular flexibility index (Phi) is 3.38. The predicted octanol–water partition coefficient (Wildman–Crippen LogP) is 0.348. The minimum atomic E-state index is -2.95. The van der Waals surface area contributed by atoms with Crippen LogP contribution >= 0.6 is 0 Å². The first-order valence-corrected chi connectivity index (χ1v) is 6.54. The Morgan fingerprint density at radius 3 is 2.53 bits per heavy atom. The molecule has 5 nitrogen and oxygen atoms in total. The molecule has 2 amide bonds. The van der Waals surface area contributed by atoms with Gasteiger partial charge in [-0.3, -0.25) is 0 Å². The van der Waals surface area contributed by atoms with Gasteiger partial charge in [-0.15, -0.1) is 0 Å². The van der Waals surface area contributed by atoms with Gasteiger partial charge in [-0.1, -0.05) is 6.58 Å². The summed E-state index contributed by atoms with van der Waals surface area (Å²) in [5, 5.41) is 2.54. The maximum Gasteiger partial charge on any atom is 0.321 e. The highest BCUT2D eigenvalue weighted by Gasteiger charge is 2.32. The number of rotatable bonds is 2. The predicted molar refractivity (Wildman–Crippen MR) is 58.2 cm³/mol. The topological polar surface area (TPSA) is 66.5 Å². The van der Waals surface area contributed by atoms with Gasteiger partial charge in [0.1, 0.15) is 0 Å². The van der Waals surface area contributed by atoms with Crippen LogP contribution in [-0.2, 0) is 9.84 Å². The van der Waals surface area contributed by atoms with Crippen LogP contribution in [0.4, 0.5) is 4.79 Å². The fourth-order valence-electron chi connectivity index (χ4n) is 1.52. The summed E-state index contributed by atoms with van der Waals surface area (Å²) in [7, 11) is -1.35. The second-order valence-corrected chi connectivity index (χ2v) is 6.11. The van der Waals surface area contributed by atoms with Gasteiger partial charge in [0.15, 0.2) is 9.84 Å². The van der Waals surface area contributed by atoms with E-state index in [1.165, 1.54) is 4.90 Å². The van der Waals surface area contributed by atoms with E-state index in [0.29, 0.717) is 12.1 Å². The van der Waals surface area contributed by atoms with E-state index in [-0.39, 0.29) is 23.6 Å². The maximum atomic E-state index is 11.5. The highest BCUT2D eigenvalue weighted by Crippen LogP contribution is 2.16. The van der Waals surface area contributed by atoms with E-state index in [1.54, 1.807) is 14.0 Å². The van der Waals surface area contributed by atoms with Crippen molar-refractivity contribution in [2.45, 2.75) is 19.4 Å². The van der Waals surface area contributed by atoms with E-state index in [9.17, 15) is 13.2 Å². The zero-order valence-corrected chi connectivity index (χ0v) is 9.80. The largest absolute Gasteiger partial charge is 0.324 e. The van der Waals surface area contributed by atoms with Crippen LogP contribution in [0.3, 0.4) is 0 Å². The molecule has 0 radical (unpaired) electrons. The standard InChI is InChI=1S/C9H16N2O3S/c1-7(2)10-9(12)11(3)8-4-5-15(13,14)6-8/h8H,1,4-6H2,2-3H3,(H,10,12). The monoisotopic (exact) mass is 232 g/mol. The van der Waals surface area contributed by atoms with Crippen molar-refractivity contribution >= 4 is 15.9 Å². The second kappa shape index (κ2) is 4.22. The lowest BCUT2D eigenvalue weighted by Gasteiger charge is -2.23. The number of nitrogens with zero attached hydrogens (tertiary/aromatic N) is 1. The molecule has 1 N–H and O–H groups in total. The number of hydrogen-bond acceptors (Lipinski definition) is 3. The van der Waals surface area contributed by atoms with Crippen LogP contribution in [0.2, 0.25) is 0 Å². The first-order chi connectivity index (χ1) is 6.82. The molecule has 15 heavy (non-hydrogen) atoms. The third-order valence-electron chi connectivity index (χ3n) is 2.40. The number of amides is 2. The Morgan fingerprint density at radius 2 is 2.13 bits per heavy atom. The normalized spacial score (nSPS) is 23.5. The van der Waals surface area contributed by atoms with Crippen molar-refractivity contribution in [3.63, 3.8) is 0 Å². The first-order valence-electron chi connectivity index (χ1n) is 4.71. The van der Waals surface area contributed by atoms with E-state index in [4.69, 9.17) is 0 Å². The Morgan fingerprint density at radius 1 is 1.53 bits per heavy atom. The molecule has 1 aliphatic heterocycles. The quantitative estimate of drug-likeness (QED) is 0.747. The fraction of sp³-hybridized carbons (Fsp3) is 0.667. The van der Waals surface area contributed by atoms with Crippen molar-refractivity contribution < 1.29 is 13.2 Å². The molecule has 0 aliphatic carbocycles. The molecule has 0 aromatic rings. The lowest BCUT2D eigenvalue weighted by molar-refractivity contribution is 0.198. The zero-order valence-electron chi connectivity index (χ0n) is 8.99. The Hall–Kier alpha value is -1.04. The molecule has 0 bridgehead atoms. The van der Waals surface area contributed by atoms with Gasteiger partial charge in [0.25, 0.3) is 0 Å². The van der Waals surface area contributed by atoms with Gasteiger partial charge in [-0.05, 0) is 13.3 Å². The molecular weight excluding hydrogens is 216 g/mol. The highest BCUT2D eigenvalue weighted by atomic mass is 32.2.